The Labute approximate surface area is 131 Å². The Hall–Kier alpha value is -2.04. The number of primary amides is 1. The molecule has 0 spiro atoms. The molecule has 120 valence electrons. The SMILES string of the molecule is CC(C)C(C)N(C(=O)COc1ccc(C(N)=O)cc1)C1CC1. The van der Waals surface area contributed by atoms with Crippen molar-refractivity contribution in [3.05, 3.63) is 29.8 Å². The lowest BCUT2D eigenvalue weighted by molar-refractivity contribution is -0.137. The molecule has 0 aliphatic heterocycles. The van der Waals surface area contributed by atoms with E-state index in [9.17, 15) is 9.59 Å². The third kappa shape index (κ3) is 4.00. The summed E-state index contributed by atoms with van der Waals surface area (Å²) in [6.07, 6.45) is 2.16. The van der Waals surface area contributed by atoms with Crippen LogP contribution in [0.3, 0.4) is 0 Å². The lowest BCUT2D eigenvalue weighted by Crippen LogP contribution is -2.45. The minimum Gasteiger partial charge on any atom is -0.484 e. The van der Waals surface area contributed by atoms with Gasteiger partial charge in [-0.3, -0.25) is 9.59 Å². The molecule has 0 aromatic heterocycles. The molecule has 0 bridgehead atoms. The molecule has 0 saturated heterocycles. The van der Waals surface area contributed by atoms with Crippen LogP contribution in [0, 0.1) is 5.92 Å². The number of carbonyl (C=O) groups is 2. The van der Waals surface area contributed by atoms with Crippen molar-refractivity contribution in [2.75, 3.05) is 6.61 Å². The van der Waals surface area contributed by atoms with Crippen LogP contribution >= 0.6 is 0 Å². The number of nitrogens with zero attached hydrogens (tertiary/aromatic N) is 1. The van der Waals surface area contributed by atoms with E-state index in [2.05, 4.69) is 20.8 Å². The van der Waals surface area contributed by atoms with Crippen molar-refractivity contribution >= 4 is 11.8 Å². The molecule has 1 fully saturated rings. The molecular formula is C17H24N2O3. The molecule has 1 unspecified atom stereocenters. The molecule has 2 N–H and O–H groups in total. The smallest absolute Gasteiger partial charge is 0.261 e. The predicted octanol–water partition coefficient (Wildman–Crippen LogP) is 2.20. The number of hydrogen-bond donors (Lipinski definition) is 1. The van der Waals surface area contributed by atoms with Crippen molar-refractivity contribution in [1.29, 1.82) is 0 Å². The fourth-order valence-electron chi connectivity index (χ4n) is 2.37. The molecule has 0 radical (unpaired) electrons. The van der Waals surface area contributed by atoms with Crippen LogP contribution in [0.25, 0.3) is 0 Å². The molecule has 1 aromatic carbocycles. The molecule has 1 aliphatic rings. The van der Waals surface area contributed by atoms with Crippen LogP contribution < -0.4 is 10.5 Å². The summed E-state index contributed by atoms with van der Waals surface area (Å²) in [4.78, 5) is 25.4. The van der Waals surface area contributed by atoms with Crippen LogP contribution in [0.5, 0.6) is 5.75 Å². The average molecular weight is 304 g/mol. The summed E-state index contributed by atoms with van der Waals surface area (Å²) >= 11 is 0. The van der Waals surface area contributed by atoms with Gasteiger partial charge in [-0.1, -0.05) is 13.8 Å². The zero-order valence-corrected chi connectivity index (χ0v) is 13.4. The van der Waals surface area contributed by atoms with E-state index in [0.717, 1.165) is 12.8 Å². The fraction of sp³-hybridized carbons (Fsp3) is 0.529. The number of benzene rings is 1. The van der Waals surface area contributed by atoms with Crippen LogP contribution in [0.1, 0.15) is 44.0 Å². The maximum absolute atomic E-state index is 12.4. The Morgan fingerprint density at radius 1 is 1.23 bits per heavy atom. The number of amides is 2. The fourth-order valence-corrected chi connectivity index (χ4v) is 2.37. The zero-order chi connectivity index (χ0) is 16.3. The first kappa shape index (κ1) is 16.3. The summed E-state index contributed by atoms with van der Waals surface area (Å²) in [5.74, 6) is 0.515. The van der Waals surface area contributed by atoms with Crippen LogP contribution in [0.15, 0.2) is 24.3 Å². The van der Waals surface area contributed by atoms with Gasteiger partial charge >= 0.3 is 0 Å². The lowest BCUT2D eigenvalue weighted by Gasteiger charge is -2.32. The minimum atomic E-state index is -0.478. The van der Waals surface area contributed by atoms with Gasteiger partial charge in [-0.2, -0.15) is 0 Å². The highest BCUT2D eigenvalue weighted by Crippen LogP contribution is 2.30. The molecule has 2 amide bonds. The second-order valence-electron chi connectivity index (χ2n) is 6.19. The molecule has 1 atom stereocenters. The van der Waals surface area contributed by atoms with Crippen LogP contribution in [0.2, 0.25) is 0 Å². The van der Waals surface area contributed by atoms with E-state index < -0.39 is 5.91 Å². The first-order valence-electron chi connectivity index (χ1n) is 7.74. The second kappa shape index (κ2) is 6.81. The van der Waals surface area contributed by atoms with Gasteiger partial charge in [-0.15, -0.1) is 0 Å². The van der Waals surface area contributed by atoms with Crippen molar-refractivity contribution in [2.24, 2.45) is 11.7 Å². The van der Waals surface area contributed by atoms with Gasteiger partial charge in [-0.05, 0) is 49.9 Å². The molecule has 1 saturated carbocycles. The van der Waals surface area contributed by atoms with Crippen molar-refractivity contribution in [3.8, 4) is 5.75 Å². The maximum Gasteiger partial charge on any atom is 0.261 e. The number of carbonyl (C=O) groups excluding carboxylic acids is 2. The first-order valence-corrected chi connectivity index (χ1v) is 7.74. The largest absolute Gasteiger partial charge is 0.484 e. The molecular weight excluding hydrogens is 280 g/mol. The first-order chi connectivity index (χ1) is 10.4. The summed E-state index contributed by atoms with van der Waals surface area (Å²) in [6, 6.07) is 7.07. The topological polar surface area (TPSA) is 72.6 Å². The molecule has 1 aliphatic carbocycles. The lowest BCUT2D eigenvalue weighted by atomic mass is 10.0. The van der Waals surface area contributed by atoms with Gasteiger partial charge in [0.15, 0.2) is 6.61 Å². The second-order valence-corrected chi connectivity index (χ2v) is 6.19. The Balaban J connectivity index is 1.94. The van der Waals surface area contributed by atoms with E-state index in [-0.39, 0.29) is 18.6 Å². The molecule has 22 heavy (non-hydrogen) atoms. The van der Waals surface area contributed by atoms with Crippen molar-refractivity contribution in [1.82, 2.24) is 4.90 Å². The Kier molecular flexibility index (Phi) is 5.06. The highest BCUT2D eigenvalue weighted by molar-refractivity contribution is 5.92. The van der Waals surface area contributed by atoms with E-state index in [1.807, 2.05) is 4.90 Å². The third-order valence-electron chi connectivity index (χ3n) is 4.13. The van der Waals surface area contributed by atoms with Crippen LogP contribution in [0.4, 0.5) is 0 Å². The van der Waals surface area contributed by atoms with Gasteiger partial charge in [0, 0.05) is 17.6 Å². The quantitative estimate of drug-likeness (QED) is 0.839. The highest BCUT2D eigenvalue weighted by atomic mass is 16.5. The van der Waals surface area contributed by atoms with E-state index >= 15 is 0 Å². The summed E-state index contributed by atoms with van der Waals surface area (Å²) in [5, 5.41) is 0. The number of nitrogens with two attached hydrogens (primary N) is 1. The standard InChI is InChI=1S/C17H24N2O3/c1-11(2)12(3)19(14-6-7-14)16(20)10-22-15-8-4-13(5-9-15)17(18)21/h4-5,8-9,11-12,14H,6-7,10H2,1-3H3,(H2,18,21). The van der Waals surface area contributed by atoms with Gasteiger partial charge in [0.25, 0.3) is 5.91 Å². The Morgan fingerprint density at radius 3 is 2.27 bits per heavy atom. The van der Waals surface area contributed by atoms with Gasteiger partial charge in [0.1, 0.15) is 5.75 Å². The minimum absolute atomic E-state index is 0.0164. The molecule has 1 aromatic rings. The number of rotatable bonds is 7. The van der Waals surface area contributed by atoms with Crippen molar-refractivity contribution in [3.63, 3.8) is 0 Å². The number of hydrogen-bond acceptors (Lipinski definition) is 3. The maximum atomic E-state index is 12.4. The molecule has 5 heteroatoms. The average Bonchev–Trinajstić information content (AvgIpc) is 3.30. The summed E-state index contributed by atoms with van der Waals surface area (Å²) in [7, 11) is 0. The number of ether oxygens (including phenoxy) is 1. The summed E-state index contributed by atoms with van der Waals surface area (Å²) < 4.78 is 5.55. The van der Waals surface area contributed by atoms with Gasteiger partial charge < -0.3 is 15.4 Å². The summed E-state index contributed by atoms with van der Waals surface area (Å²) in [6.45, 7) is 6.35. The Morgan fingerprint density at radius 2 is 1.82 bits per heavy atom. The predicted molar refractivity (Wildman–Crippen MR) is 84.6 cm³/mol. The van der Waals surface area contributed by atoms with E-state index in [1.165, 1.54) is 0 Å². The molecule has 5 nitrogen and oxygen atoms in total. The Bertz CT molecular complexity index is 535. The van der Waals surface area contributed by atoms with Gasteiger partial charge in [0.05, 0.1) is 0 Å². The monoisotopic (exact) mass is 304 g/mol. The van der Waals surface area contributed by atoms with E-state index in [1.54, 1.807) is 24.3 Å². The van der Waals surface area contributed by atoms with Crippen molar-refractivity contribution in [2.45, 2.75) is 45.7 Å². The van der Waals surface area contributed by atoms with Gasteiger partial charge in [0.2, 0.25) is 5.91 Å². The van der Waals surface area contributed by atoms with E-state index in [0.29, 0.717) is 23.3 Å². The zero-order valence-electron chi connectivity index (χ0n) is 13.4. The van der Waals surface area contributed by atoms with E-state index in [4.69, 9.17) is 10.5 Å². The highest BCUT2D eigenvalue weighted by Gasteiger charge is 2.36. The summed E-state index contributed by atoms with van der Waals surface area (Å²) in [5.41, 5.74) is 5.61. The molecule has 2 rings (SSSR count). The normalized spacial score (nSPS) is 15.5. The van der Waals surface area contributed by atoms with Crippen LogP contribution in [-0.4, -0.2) is 35.4 Å². The molecule has 0 heterocycles. The van der Waals surface area contributed by atoms with Gasteiger partial charge in [-0.25, -0.2) is 0 Å². The van der Waals surface area contributed by atoms with Crippen LogP contribution in [-0.2, 0) is 4.79 Å². The third-order valence-corrected chi connectivity index (χ3v) is 4.13. The van der Waals surface area contributed by atoms with Crippen molar-refractivity contribution < 1.29 is 14.3 Å².